The van der Waals surface area contributed by atoms with Gasteiger partial charge in [-0.05, 0) is 91.8 Å². The summed E-state index contributed by atoms with van der Waals surface area (Å²) in [5, 5.41) is 3.90. The number of rotatable bonds is 9. The van der Waals surface area contributed by atoms with Crippen molar-refractivity contribution < 1.29 is 23.5 Å². The molecule has 0 bridgehead atoms. The lowest BCUT2D eigenvalue weighted by Crippen LogP contribution is -2.39. The van der Waals surface area contributed by atoms with Crippen molar-refractivity contribution in [3.63, 3.8) is 0 Å². The molecule has 39 heavy (non-hydrogen) atoms. The van der Waals surface area contributed by atoms with Gasteiger partial charge in [0.05, 0.1) is 24.3 Å². The number of amides is 2. The third-order valence-electron chi connectivity index (χ3n) is 6.10. The second-order valence-electron chi connectivity index (χ2n) is 8.68. The van der Waals surface area contributed by atoms with Crippen LogP contribution in [0.3, 0.4) is 0 Å². The molecule has 0 saturated carbocycles. The molecule has 0 spiro atoms. The smallest absolute Gasteiger partial charge is 0.338 e. The summed E-state index contributed by atoms with van der Waals surface area (Å²) < 4.78 is 18.3. The van der Waals surface area contributed by atoms with Crippen LogP contribution in [0.4, 0.5) is 15.8 Å². The Morgan fingerprint density at radius 1 is 1.05 bits per heavy atom. The third-order valence-corrected chi connectivity index (χ3v) is 7.10. The van der Waals surface area contributed by atoms with Gasteiger partial charge < -0.3 is 15.0 Å². The summed E-state index contributed by atoms with van der Waals surface area (Å²) in [5.74, 6) is -1.73. The van der Waals surface area contributed by atoms with E-state index in [-0.39, 0.29) is 24.0 Å². The average Bonchev–Trinajstić information content (AvgIpc) is 3.13. The largest absolute Gasteiger partial charge is 0.462 e. The predicted molar refractivity (Wildman–Crippen MR) is 153 cm³/mol. The molecule has 0 aromatic heterocycles. The molecule has 3 aromatic carbocycles. The Bertz CT molecular complexity index is 1400. The SMILES string of the molecule is CCOC(=O)c1ccc(N2C(=O)[C@@H](CC(=O)Nc3ccc(F)cc3)N(CCc3ccc(Cl)cc3Cl)C2=S)cc1. The zero-order valence-corrected chi connectivity index (χ0v) is 23.2. The number of carbonyl (C=O) groups excluding carboxylic acids is 3. The number of ether oxygens (including phenoxy) is 1. The molecule has 4 rings (SSSR count). The first-order valence-electron chi connectivity index (χ1n) is 12.1. The maximum atomic E-state index is 13.6. The Morgan fingerprint density at radius 3 is 2.38 bits per heavy atom. The highest BCUT2D eigenvalue weighted by Crippen LogP contribution is 2.29. The molecule has 3 aromatic rings. The molecule has 1 aliphatic heterocycles. The fraction of sp³-hybridized carbons (Fsp3) is 0.214. The Kier molecular flexibility index (Phi) is 9.16. The molecule has 1 heterocycles. The van der Waals surface area contributed by atoms with E-state index in [9.17, 15) is 18.8 Å². The number of hydrogen-bond donors (Lipinski definition) is 1. The number of nitrogens with one attached hydrogen (secondary N) is 1. The maximum Gasteiger partial charge on any atom is 0.338 e. The highest BCUT2D eigenvalue weighted by molar-refractivity contribution is 7.80. The van der Waals surface area contributed by atoms with Crippen molar-refractivity contribution in [3.05, 3.63) is 93.7 Å². The average molecular weight is 588 g/mol. The number of thiocarbonyl (C=S) groups is 1. The van der Waals surface area contributed by atoms with Crippen LogP contribution < -0.4 is 10.2 Å². The molecular formula is C28H24Cl2FN3O4S. The van der Waals surface area contributed by atoms with Gasteiger partial charge in [0, 0.05) is 22.3 Å². The number of carbonyl (C=O) groups is 3. The van der Waals surface area contributed by atoms with Crippen LogP contribution in [0.1, 0.15) is 29.3 Å². The van der Waals surface area contributed by atoms with E-state index in [1.165, 1.54) is 29.2 Å². The maximum absolute atomic E-state index is 13.6. The molecule has 1 saturated heterocycles. The van der Waals surface area contributed by atoms with E-state index in [2.05, 4.69) is 5.32 Å². The Morgan fingerprint density at radius 2 is 1.74 bits per heavy atom. The lowest BCUT2D eigenvalue weighted by Gasteiger charge is -2.24. The molecule has 1 aliphatic rings. The molecule has 0 unspecified atom stereocenters. The zero-order chi connectivity index (χ0) is 28.1. The van der Waals surface area contributed by atoms with Crippen molar-refractivity contribution in [2.75, 3.05) is 23.4 Å². The number of nitrogens with zero attached hydrogens (tertiary/aromatic N) is 2. The first-order chi connectivity index (χ1) is 18.7. The summed E-state index contributed by atoms with van der Waals surface area (Å²) >= 11 is 18.1. The van der Waals surface area contributed by atoms with E-state index in [0.29, 0.717) is 39.9 Å². The zero-order valence-electron chi connectivity index (χ0n) is 20.8. The third kappa shape index (κ3) is 6.73. The molecule has 0 radical (unpaired) electrons. The second-order valence-corrected chi connectivity index (χ2v) is 9.89. The van der Waals surface area contributed by atoms with Crippen molar-refractivity contribution in [1.82, 2.24) is 4.90 Å². The van der Waals surface area contributed by atoms with Gasteiger partial charge in [0.25, 0.3) is 5.91 Å². The summed E-state index contributed by atoms with van der Waals surface area (Å²) in [6.07, 6.45) is 0.247. The van der Waals surface area contributed by atoms with Crippen LogP contribution in [0.5, 0.6) is 0 Å². The first-order valence-corrected chi connectivity index (χ1v) is 13.3. The number of esters is 1. The van der Waals surface area contributed by atoms with Crippen LogP contribution in [-0.4, -0.2) is 47.0 Å². The number of benzene rings is 3. The van der Waals surface area contributed by atoms with Gasteiger partial charge in [-0.1, -0.05) is 29.3 Å². The molecule has 1 fully saturated rings. The van der Waals surface area contributed by atoms with Gasteiger partial charge in [-0.15, -0.1) is 0 Å². The van der Waals surface area contributed by atoms with Gasteiger partial charge >= 0.3 is 5.97 Å². The molecule has 0 aliphatic carbocycles. The molecule has 1 N–H and O–H groups in total. The summed E-state index contributed by atoms with van der Waals surface area (Å²) in [4.78, 5) is 41.6. The summed E-state index contributed by atoms with van der Waals surface area (Å²) in [6, 6.07) is 15.9. The summed E-state index contributed by atoms with van der Waals surface area (Å²) in [7, 11) is 0. The summed E-state index contributed by atoms with van der Waals surface area (Å²) in [5.41, 5.74) is 2.00. The fourth-order valence-electron chi connectivity index (χ4n) is 4.17. The van der Waals surface area contributed by atoms with Crippen LogP contribution in [0.25, 0.3) is 0 Å². The molecule has 2 amide bonds. The molecule has 11 heteroatoms. The van der Waals surface area contributed by atoms with Crippen LogP contribution in [0.15, 0.2) is 66.7 Å². The van der Waals surface area contributed by atoms with Crippen molar-refractivity contribution in [2.45, 2.75) is 25.8 Å². The van der Waals surface area contributed by atoms with Gasteiger partial charge in [0.15, 0.2) is 5.11 Å². The van der Waals surface area contributed by atoms with Crippen molar-refractivity contribution in [1.29, 1.82) is 0 Å². The lowest BCUT2D eigenvalue weighted by molar-refractivity contribution is -0.124. The van der Waals surface area contributed by atoms with Crippen molar-refractivity contribution in [2.24, 2.45) is 0 Å². The van der Waals surface area contributed by atoms with Crippen LogP contribution >= 0.6 is 35.4 Å². The quantitative estimate of drug-likeness (QED) is 0.249. The van der Waals surface area contributed by atoms with E-state index >= 15 is 0 Å². The Hall–Kier alpha value is -3.53. The van der Waals surface area contributed by atoms with Gasteiger partial charge in [-0.25, -0.2) is 9.18 Å². The Labute approximate surface area is 240 Å². The van der Waals surface area contributed by atoms with E-state index < -0.39 is 23.7 Å². The molecular weight excluding hydrogens is 564 g/mol. The lowest BCUT2D eigenvalue weighted by atomic mass is 10.1. The molecule has 1 atom stereocenters. The van der Waals surface area contributed by atoms with Gasteiger partial charge in [-0.2, -0.15) is 0 Å². The fourth-order valence-corrected chi connectivity index (χ4v) is 5.09. The standard InChI is InChI=1S/C28H24Cl2FN3O4S/c1-2-38-27(37)18-4-11-22(12-5-18)34-26(36)24(16-25(35)32-21-9-7-20(31)8-10-21)33(28(34)39)14-13-17-3-6-19(29)15-23(17)30/h3-12,15,24H,2,13-14,16H2,1H3,(H,32,35)/t24-/m1/s1. The molecule has 7 nitrogen and oxygen atoms in total. The first kappa shape index (κ1) is 28.5. The molecule has 202 valence electrons. The van der Waals surface area contributed by atoms with Gasteiger partial charge in [0.1, 0.15) is 11.9 Å². The van der Waals surface area contributed by atoms with Gasteiger partial charge in [0.2, 0.25) is 5.91 Å². The van der Waals surface area contributed by atoms with Crippen LogP contribution in [0.2, 0.25) is 10.0 Å². The summed E-state index contributed by atoms with van der Waals surface area (Å²) in [6.45, 7) is 2.26. The van der Waals surface area contributed by atoms with E-state index in [1.54, 1.807) is 54.3 Å². The minimum atomic E-state index is -0.895. The van der Waals surface area contributed by atoms with Crippen molar-refractivity contribution >= 4 is 69.7 Å². The Balaban J connectivity index is 1.57. The van der Waals surface area contributed by atoms with E-state index in [0.717, 1.165) is 5.56 Å². The second kappa shape index (κ2) is 12.5. The monoisotopic (exact) mass is 587 g/mol. The predicted octanol–water partition coefficient (Wildman–Crippen LogP) is 5.88. The van der Waals surface area contributed by atoms with E-state index in [4.69, 9.17) is 40.2 Å². The van der Waals surface area contributed by atoms with Crippen LogP contribution in [-0.2, 0) is 20.7 Å². The van der Waals surface area contributed by atoms with Gasteiger partial charge in [-0.3, -0.25) is 14.5 Å². The highest BCUT2D eigenvalue weighted by Gasteiger charge is 2.44. The van der Waals surface area contributed by atoms with Crippen LogP contribution in [0, 0.1) is 5.82 Å². The minimum Gasteiger partial charge on any atom is -0.462 e. The highest BCUT2D eigenvalue weighted by atomic mass is 35.5. The number of hydrogen-bond acceptors (Lipinski definition) is 5. The topological polar surface area (TPSA) is 78.9 Å². The normalized spacial score (nSPS) is 15.0. The van der Waals surface area contributed by atoms with E-state index in [1.807, 2.05) is 0 Å². The van der Waals surface area contributed by atoms with Crippen molar-refractivity contribution in [3.8, 4) is 0 Å². The minimum absolute atomic E-state index is 0.192. The number of halogens is 3. The number of anilines is 2.